The van der Waals surface area contributed by atoms with Crippen molar-refractivity contribution in [2.75, 3.05) is 14.2 Å². The molecule has 1 aliphatic heterocycles. The van der Waals surface area contributed by atoms with Gasteiger partial charge >= 0.3 is 11.8 Å². The minimum atomic E-state index is -2.30. The van der Waals surface area contributed by atoms with Gasteiger partial charge in [0.2, 0.25) is 17.6 Å². The second kappa shape index (κ2) is 5.52. The fourth-order valence-corrected chi connectivity index (χ4v) is 2.76. The topological polar surface area (TPSA) is 90.8 Å². The van der Waals surface area contributed by atoms with Gasteiger partial charge in [-0.3, -0.25) is 0 Å². The molecule has 1 atom stereocenters. The maximum atomic E-state index is 12.1. The van der Waals surface area contributed by atoms with E-state index in [2.05, 4.69) is 9.97 Å². The van der Waals surface area contributed by atoms with E-state index in [0.29, 0.717) is 0 Å². The monoisotopic (exact) mass is 356 g/mol. The number of aliphatic hydroxyl groups is 1. The lowest BCUT2D eigenvalue weighted by atomic mass is 10.0. The third-order valence-electron chi connectivity index (χ3n) is 3.29. The lowest BCUT2D eigenvalue weighted by Crippen LogP contribution is -2.30. The molecular formula is C14H10Cl2N2O5. The van der Waals surface area contributed by atoms with Crippen LogP contribution in [0.15, 0.2) is 18.2 Å². The summed E-state index contributed by atoms with van der Waals surface area (Å²) in [6.45, 7) is 0. The van der Waals surface area contributed by atoms with Gasteiger partial charge < -0.3 is 19.3 Å². The lowest BCUT2D eigenvalue weighted by molar-refractivity contribution is -0.135. The number of aromatic nitrogens is 2. The van der Waals surface area contributed by atoms with Gasteiger partial charge in [0, 0.05) is 0 Å². The molecule has 0 amide bonds. The molecule has 0 saturated carbocycles. The minimum Gasteiger partial charge on any atom is -0.481 e. The summed E-state index contributed by atoms with van der Waals surface area (Å²) in [5, 5.41) is 11.1. The number of halogens is 2. The number of hydrogen-bond acceptors (Lipinski definition) is 7. The van der Waals surface area contributed by atoms with E-state index < -0.39 is 11.8 Å². The molecule has 1 aromatic carbocycles. The average molecular weight is 357 g/mol. The Labute approximate surface area is 140 Å². The molecule has 9 heteroatoms. The Bertz CT molecular complexity index is 792. The van der Waals surface area contributed by atoms with Crippen LogP contribution in [-0.2, 0) is 10.5 Å². The van der Waals surface area contributed by atoms with Gasteiger partial charge in [0.25, 0.3) is 0 Å². The number of methoxy groups -OCH3 is 2. The molecule has 1 aromatic heterocycles. The number of cyclic esters (lactones) is 1. The van der Waals surface area contributed by atoms with Crippen molar-refractivity contribution in [1.29, 1.82) is 0 Å². The van der Waals surface area contributed by atoms with Crippen molar-refractivity contribution < 1.29 is 24.1 Å². The van der Waals surface area contributed by atoms with Gasteiger partial charge in [-0.05, 0) is 12.1 Å². The highest BCUT2D eigenvalue weighted by Gasteiger charge is 2.51. The van der Waals surface area contributed by atoms with Crippen LogP contribution in [0.25, 0.3) is 0 Å². The van der Waals surface area contributed by atoms with Crippen molar-refractivity contribution >= 4 is 29.2 Å². The number of carbonyl (C=O) groups excluding carboxylic acids is 1. The molecule has 2 aromatic rings. The number of fused-ring (bicyclic) bond motifs is 1. The SMILES string of the molecule is COc1cc(OC)nc(C2(O)OC(=O)c3c(Cl)ccc(Cl)c32)n1. The fraction of sp³-hybridized carbons (Fsp3) is 0.214. The zero-order valence-electron chi connectivity index (χ0n) is 12.0. The van der Waals surface area contributed by atoms with Crippen LogP contribution in [-0.4, -0.2) is 35.3 Å². The van der Waals surface area contributed by atoms with E-state index in [1.54, 1.807) is 0 Å². The first-order valence-electron chi connectivity index (χ1n) is 6.32. The number of carbonyl (C=O) groups is 1. The second-order valence-corrected chi connectivity index (χ2v) is 5.40. The Balaban J connectivity index is 2.27. The molecule has 0 saturated heterocycles. The Kier molecular flexibility index (Phi) is 3.79. The number of rotatable bonds is 3. The van der Waals surface area contributed by atoms with Crippen molar-refractivity contribution in [2.45, 2.75) is 5.79 Å². The summed E-state index contributed by atoms with van der Waals surface area (Å²) in [6.07, 6.45) is 0. The van der Waals surface area contributed by atoms with Crippen molar-refractivity contribution in [3.05, 3.63) is 45.2 Å². The summed E-state index contributed by atoms with van der Waals surface area (Å²) in [5.41, 5.74) is -0.0565. The van der Waals surface area contributed by atoms with E-state index in [-0.39, 0.29) is 38.8 Å². The first kappa shape index (κ1) is 15.8. The molecule has 7 nitrogen and oxygen atoms in total. The van der Waals surface area contributed by atoms with Crippen LogP contribution in [0.2, 0.25) is 10.0 Å². The van der Waals surface area contributed by atoms with Gasteiger partial charge in [-0.15, -0.1) is 0 Å². The highest BCUT2D eigenvalue weighted by molar-refractivity contribution is 6.36. The molecule has 0 spiro atoms. The van der Waals surface area contributed by atoms with Crippen LogP contribution in [0.3, 0.4) is 0 Å². The normalized spacial score (nSPS) is 19.3. The van der Waals surface area contributed by atoms with E-state index in [9.17, 15) is 9.90 Å². The van der Waals surface area contributed by atoms with Crippen LogP contribution in [0.4, 0.5) is 0 Å². The van der Waals surface area contributed by atoms with Crippen LogP contribution in [0.5, 0.6) is 11.8 Å². The molecular weight excluding hydrogens is 347 g/mol. The van der Waals surface area contributed by atoms with Crippen LogP contribution in [0, 0.1) is 0 Å². The Morgan fingerprint density at radius 2 is 1.70 bits per heavy atom. The number of benzene rings is 1. The van der Waals surface area contributed by atoms with E-state index in [4.69, 9.17) is 37.4 Å². The minimum absolute atomic E-state index is 0.0213. The van der Waals surface area contributed by atoms with Crippen LogP contribution in [0.1, 0.15) is 21.7 Å². The van der Waals surface area contributed by atoms with Gasteiger partial charge in [0.15, 0.2) is 0 Å². The third kappa shape index (κ3) is 2.37. The zero-order chi connectivity index (χ0) is 16.8. The second-order valence-electron chi connectivity index (χ2n) is 4.59. The number of esters is 1. The molecule has 0 bridgehead atoms. The molecule has 0 fully saturated rings. The lowest BCUT2D eigenvalue weighted by Gasteiger charge is -2.22. The van der Waals surface area contributed by atoms with Gasteiger partial charge in [0.05, 0.1) is 41.5 Å². The number of hydrogen-bond donors (Lipinski definition) is 1. The highest BCUT2D eigenvalue weighted by Crippen LogP contribution is 2.45. The molecule has 2 heterocycles. The van der Waals surface area contributed by atoms with Gasteiger partial charge in [-0.2, -0.15) is 9.97 Å². The van der Waals surface area contributed by atoms with Crippen LogP contribution >= 0.6 is 23.2 Å². The highest BCUT2D eigenvalue weighted by atomic mass is 35.5. The molecule has 1 N–H and O–H groups in total. The Hall–Kier alpha value is -2.09. The summed E-state index contributed by atoms with van der Waals surface area (Å²) < 4.78 is 15.1. The molecule has 0 radical (unpaired) electrons. The number of nitrogens with zero attached hydrogens (tertiary/aromatic N) is 2. The maximum absolute atomic E-state index is 12.1. The summed E-state index contributed by atoms with van der Waals surface area (Å²) >= 11 is 12.1. The first-order chi connectivity index (χ1) is 10.9. The van der Waals surface area contributed by atoms with Gasteiger partial charge in [-0.1, -0.05) is 23.2 Å². The molecule has 120 valence electrons. The average Bonchev–Trinajstić information content (AvgIpc) is 2.83. The van der Waals surface area contributed by atoms with Crippen molar-refractivity contribution in [2.24, 2.45) is 0 Å². The predicted molar refractivity (Wildman–Crippen MR) is 80.0 cm³/mol. The Morgan fingerprint density at radius 3 is 2.26 bits per heavy atom. The summed E-state index contributed by atoms with van der Waals surface area (Å²) in [7, 11) is 2.77. The molecule has 23 heavy (non-hydrogen) atoms. The molecule has 1 aliphatic rings. The van der Waals surface area contributed by atoms with Crippen molar-refractivity contribution in [1.82, 2.24) is 9.97 Å². The first-order valence-corrected chi connectivity index (χ1v) is 7.08. The summed E-state index contributed by atoms with van der Waals surface area (Å²) in [5.74, 6) is -3.16. The third-order valence-corrected chi connectivity index (χ3v) is 3.92. The van der Waals surface area contributed by atoms with E-state index in [1.165, 1.54) is 32.4 Å². The van der Waals surface area contributed by atoms with Gasteiger partial charge in [-0.25, -0.2) is 4.79 Å². The fourth-order valence-electron chi connectivity index (χ4n) is 2.24. The smallest absolute Gasteiger partial charge is 0.343 e. The van der Waals surface area contributed by atoms with E-state index in [0.717, 1.165) is 0 Å². The number of ether oxygens (including phenoxy) is 3. The summed E-state index contributed by atoms with van der Waals surface area (Å²) in [6, 6.07) is 4.28. The molecule has 0 aliphatic carbocycles. The standard InChI is InChI=1S/C14H10Cl2N2O5/c1-21-8-5-9(22-2)18-13(17-8)14(20)11-7(16)4-3-6(15)10(11)12(19)23-14/h3-5,20H,1-2H3. The molecule has 1 unspecified atom stereocenters. The van der Waals surface area contributed by atoms with E-state index in [1.807, 2.05) is 0 Å². The Morgan fingerprint density at radius 1 is 1.13 bits per heavy atom. The van der Waals surface area contributed by atoms with E-state index >= 15 is 0 Å². The van der Waals surface area contributed by atoms with Crippen molar-refractivity contribution in [3.63, 3.8) is 0 Å². The van der Waals surface area contributed by atoms with Crippen LogP contribution < -0.4 is 9.47 Å². The quantitative estimate of drug-likeness (QED) is 0.842. The predicted octanol–water partition coefficient (Wildman–Crippen LogP) is 2.16. The van der Waals surface area contributed by atoms with Crippen molar-refractivity contribution in [3.8, 4) is 11.8 Å². The van der Waals surface area contributed by atoms with Gasteiger partial charge in [0.1, 0.15) is 0 Å². The zero-order valence-corrected chi connectivity index (χ0v) is 13.5. The maximum Gasteiger partial charge on any atom is 0.343 e. The largest absolute Gasteiger partial charge is 0.481 e. The summed E-state index contributed by atoms with van der Waals surface area (Å²) in [4.78, 5) is 20.1. The molecule has 3 rings (SSSR count).